The highest BCUT2D eigenvalue weighted by Gasteiger charge is 2.27. The van der Waals surface area contributed by atoms with Crippen LogP contribution in [0.2, 0.25) is 0 Å². The fraction of sp³-hybridized carbons (Fsp3) is 0.556. The Morgan fingerprint density at radius 2 is 1.74 bits per heavy atom. The molecule has 1 heterocycles. The van der Waals surface area contributed by atoms with Crippen molar-refractivity contribution in [3.8, 4) is 0 Å². The summed E-state index contributed by atoms with van der Waals surface area (Å²) in [5.41, 5.74) is 0.893. The van der Waals surface area contributed by atoms with Crippen molar-refractivity contribution in [2.75, 3.05) is 19.7 Å². The van der Waals surface area contributed by atoms with Crippen molar-refractivity contribution in [3.63, 3.8) is 0 Å². The Balaban J connectivity index is 1.97. The van der Waals surface area contributed by atoms with Crippen molar-refractivity contribution < 1.29 is 14.7 Å². The molecule has 0 aromatic heterocycles. The van der Waals surface area contributed by atoms with Crippen molar-refractivity contribution in [3.05, 3.63) is 35.9 Å². The molecule has 0 saturated carbocycles. The van der Waals surface area contributed by atoms with Gasteiger partial charge >= 0.3 is 0 Å². The molecule has 2 atom stereocenters. The average molecular weight is 318 g/mol. The van der Waals surface area contributed by atoms with E-state index < -0.39 is 6.04 Å². The molecule has 0 aliphatic carbocycles. The van der Waals surface area contributed by atoms with Gasteiger partial charge in [0, 0.05) is 13.1 Å². The molecule has 0 radical (unpaired) electrons. The van der Waals surface area contributed by atoms with Gasteiger partial charge in [-0.05, 0) is 25.3 Å². The summed E-state index contributed by atoms with van der Waals surface area (Å²) in [5.74, 6) is -0.774. The maximum Gasteiger partial charge on any atom is 0.247 e. The molecule has 0 spiro atoms. The molecule has 1 saturated heterocycles. The van der Waals surface area contributed by atoms with Gasteiger partial charge in [-0.25, -0.2) is 0 Å². The Morgan fingerprint density at radius 3 is 2.30 bits per heavy atom. The van der Waals surface area contributed by atoms with Crippen LogP contribution < -0.4 is 5.32 Å². The molecule has 2 amide bonds. The molecular formula is C18H26N2O3. The molecule has 2 rings (SSSR count). The number of nitrogens with zero attached hydrogens (tertiary/aromatic N) is 1. The molecule has 23 heavy (non-hydrogen) atoms. The zero-order valence-electron chi connectivity index (χ0n) is 13.7. The third-order valence-electron chi connectivity index (χ3n) is 4.41. The van der Waals surface area contributed by atoms with Crippen molar-refractivity contribution in [1.82, 2.24) is 10.2 Å². The van der Waals surface area contributed by atoms with Gasteiger partial charge in [0.15, 0.2) is 0 Å². The van der Waals surface area contributed by atoms with Gasteiger partial charge in [0.2, 0.25) is 11.8 Å². The molecule has 1 aromatic rings. The predicted octanol–water partition coefficient (Wildman–Crippen LogP) is 1.67. The van der Waals surface area contributed by atoms with E-state index in [1.54, 1.807) is 11.8 Å². The lowest BCUT2D eigenvalue weighted by atomic mass is 10.00. The van der Waals surface area contributed by atoms with Crippen LogP contribution in [-0.4, -0.2) is 47.6 Å². The molecule has 1 fully saturated rings. The smallest absolute Gasteiger partial charge is 0.247 e. The Labute approximate surface area is 137 Å². The number of amides is 2. The lowest BCUT2D eigenvalue weighted by Crippen LogP contribution is -2.51. The van der Waals surface area contributed by atoms with Crippen LogP contribution in [0.15, 0.2) is 30.3 Å². The molecule has 5 heteroatoms. The lowest BCUT2D eigenvalue weighted by molar-refractivity contribution is -0.137. The van der Waals surface area contributed by atoms with E-state index in [0.717, 1.165) is 31.2 Å². The second-order valence-corrected chi connectivity index (χ2v) is 6.12. The number of aliphatic hydroxyl groups is 1. The Kier molecular flexibility index (Phi) is 6.59. The van der Waals surface area contributed by atoms with Gasteiger partial charge in [-0.15, -0.1) is 0 Å². The number of likely N-dealkylation sites (tertiary alicyclic amines) is 1. The minimum atomic E-state index is -0.855. The minimum absolute atomic E-state index is 0.178. The zero-order chi connectivity index (χ0) is 16.7. The van der Waals surface area contributed by atoms with Crippen molar-refractivity contribution in [2.45, 2.75) is 44.6 Å². The summed E-state index contributed by atoms with van der Waals surface area (Å²) in [5, 5.41) is 12.2. The van der Waals surface area contributed by atoms with Gasteiger partial charge in [-0.1, -0.05) is 43.2 Å². The summed E-state index contributed by atoms with van der Waals surface area (Å²) in [6.45, 7) is 2.84. The van der Waals surface area contributed by atoms with E-state index in [-0.39, 0.29) is 24.3 Å². The highest BCUT2D eigenvalue weighted by molar-refractivity contribution is 5.90. The molecule has 2 N–H and O–H groups in total. The Hall–Kier alpha value is -1.88. The molecular weight excluding hydrogens is 292 g/mol. The summed E-state index contributed by atoms with van der Waals surface area (Å²) < 4.78 is 0. The quantitative estimate of drug-likeness (QED) is 0.867. The number of rotatable bonds is 5. The molecule has 126 valence electrons. The first kappa shape index (κ1) is 17.5. The van der Waals surface area contributed by atoms with Crippen LogP contribution in [0.25, 0.3) is 0 Å². The first-order valence-corrected chi connectivity index (χ1v) is 8.38. The zero-order valence-corrected chi connectivity index (χ0v) is 13.7. The maximum absolute atomic E-state index is 12.5. The lowest BCUT2D eigenvalue weighted by Gasteiger charge is -2.26. The Morgan fingerprint density at radius 1 is 1.13 bits per heavy atom. The van der Waals surface area contributed by atoms with Crippen LogP contribution in [-0.2, 0) is 9.59 Å². The first-order chi connectivity index (χ1) is 11.1. The van der Waals surface area contributed by atoms with Gasteiger partial charge in [0.25, 0.3) is 0 Å². The summed E-state index contributed by atoms with van der Waals surface area (Å²) in [6, 6.07) is 8.57. The highest BCUT2D eigenvalue weighted by atomic mass is 16.3. The number of hydrogen-bond donors (Lipinski definition) is 2. The fourth-order valence-electron chi connectivity index (χ4n) is 2.89. The molecule has 1 aliphatic heterocycles. The van der Waals surface area contributed by atoms with Crippen LogP contribution in [0.3, 0.4) is 0 Å². The second-order valence-electron chi connectivity index (χ2n) is 6.12. The van der Waals surface area contributed by atoms with Crippen LogP contribution in [0, 0.1) is 0 Å². The number of carbonyl (C=O) groups excluding carboxylic acids is 2. The van der Waals surface area contributed by atoms with Crippen LogP contribution in [0.5, 0.6) is 0 Å². The molecule has 1 aromatic carbocycles. The SMILES string of the molecule is CC(C(=O)NC(CO)C(=O)N1CCCCCC1)c1ccccc1. The Bertz CT molecular complexity index is 510. The van der Waals surface area contributed by atoms with Crippen molar-refractivity contribution in [2.24, 2.45) is 0 Å². The van der Waals surface area contributed by atoms with Crippen molar-refractivity contribution in [1.29, 1.82) is 0 Å². The van der Waals surface area contributed by atoms with E-state index in [0.29, 0.717) is 13.1 Å². The van der Waals surface area contributed by atoms with Crippen LogP contribution in [0.4, 0.5) is 0 Å². The van der Waals surface area contributed by atoms with E-state index in [2.05, 4.69) is 5.32 Å². The van der Waals surface area contributed by atoms with E-state index in [1.807, 2.05) is 30.3 Å². The summed E-state index contributed by atoms with van der Waals surface area (Å²) in [6.07, 6.45) is 4.23. The largest absolute Gasteiger partial charge is 0.394 e. The third-order valence-corrected chi connectivity index (χ3v) is 4.41. The highest BCUT2D eigenvalue weighted by Crippen LogP contribution is 2.15. The number of hydrogen-bond acceptors (Lipinski definition) is 3. The van der Waals surface area contributed by atoms with Gasteiger partial charge in [-0.2, -0.15) is 0 Å². The van der Waals surface area contributed by atoms with E-state index >= 15 is 0 Å². The van der Waals surface area contributed by atoms with Gasteiger partial charge < -0.3 is 15.3 Å². The normalized spacial score (nSPS) is 17.9. The van der Waals surface area contributed by atoms with E-state index in [4.69, 9.17) is 0 Å². The van der Waals surface area contributed by atoms with Gasteiger partial charge in [0.1, 0.15) is 6.04 Å². The number of nitrogens with one attached hydrogen (secondary N) is 1. The minimum Gasteiger partial charge on any atom is -0.394 e. The predicted molar refractivity (Wildman–Crippen MR) is 88.9 cm³/mol. The van der Waals surface area contributed by atoms with E-state index in [1.165, 1.54) is 0 Å². The number of carbonyl (C=O) groups is 2. The van der Waals surface area contributed by atoms with Gasteiger partial charge in [-0.3, -0.25) is 9.59 Å². The number of aliphatic hydroxyl groups excluding tert-OH is 1. The fourth-order valence-corrected chi connectivity index (χ4v) is 2.89. The topological polar surface area (TPSA) is 69.6 Å². The number of benzene rings is 1. The summed E-state index contributed by atoms with van der Waals surface area (Å²) in [7, 11) is 0. The summed E-state index contributed by atoms with van der Waals surface area (Å²) in [4.78, 5) is 26.7. The van der Waals surface area contributed by atoms with Crippen molar-refractivity contribution >= 4 is 11.8 Å². The van der Waals surface area contributed by atoms with E-state index in [9.17, 15) is 14.7 Å². The first-order valence-electron chi connectivity index (χ1n) is 8.38. The molecule has 5 nitrogen and oxygen atoms in total. The van der Waals surface area contributed by atoms with Crippen LogP contribution in [0.1, 0.15) is 44.1 Å². The van der Waals surface area contributed by atoms with Crippen LogP contribution >= 0.6 is 0 Å². The maximum atomic E-state index is 12.5. The molecule has 2 unspecified atom stereocenters. The molecule has 1 aliphatic rings. The molecule has 0 bridgehead atoms. The van der Waals surface area contributed by atoms with Gasteiger partial charge in [0.05, 0.1) is 12.5 Å². The monoisotopic (exact) mass is 318 g/mol. The second kappa shape index (κ2) is 8.67. The average Bonchev–Trinajstić information content (AvgIpc) is 2.88. The standard InChI is InChI=1S/C18H26N2O3/c1-14(15-9-5-4-6-10-15)17(22)19-16(13-21)18(23)20-11-7-2-3-8-12-20/h4-6,9-10,14,16,21H,2-3,7-8,11-13H2,1H3,(H,19,22). The summed E-state index contributed by atoms with van der Waals surface area (Å²) >= 11 is 0. The third kappa shape index (κ3) is 4.79.